The van der Waals surface area contributed by atoms with Crippen molar-refractivity contribution in [3.8, 4) is 0 Å². The molecule has 15 heavy (non-hydrogen) atoms. The molecule has 0 aromatic rings. The van der Waals surface area contributed by atoms with E-state index in [4.69, 9.17) is 5.73 Å². The van der Waals surface area contributed by atoms with Crippen molar-refractivity contribution >= 4 is 5.91 Å². The van der Waals surface area contributed by atoms with E-state index in [-0.39, 0.29) is 11.8 Å². The number of nitrogens with zero attached hydrogens (tertiary/aromatic N) is 1. The molecule has 1 atom stereocenters. The predicted molar refractivity (Wildman–Crippen MR) is 61.4 cm³/mol. The fourth-order valence-corrected chi connectivity index (χ4v) is 1.35. The largest absolute Gasteiger partial charge is 0.389 e. The SMILES string of the molecule is CCN(CC(C)(C)O)C(=O)CC(C)CN. The third kappa shape index (κ3) is 6.47. The molecule has 0 saturated carbocycles. The van der Waals surface area contributed by atoms with Gasteiger partial charge >= 0.3 is 0 Å². The van der Waals surface area contributed by atoms with Crippen molar-refractivity contribution in [2.45, 2.75) is 39.7 Å². The molecule has 4 nitrogen and oxygen atoms in total. The molecule has 4 heteroatoms. The molecule has 0 spiro atoms. The van der Waals surface area contributed by atoms with Gasteiger partial charge in [0, 0.05) is 19.5 Å². The Kier molecular flexibility index (Phi) is 5.83. The number of carbonyl (C=O) groups excluding carboxylic acids is 1. The van der Waals surface area contributed by atoms with Crippen LogP contribution in [-0.4, -0.2) is 41.1 Å². The Bertz CT molecular complexity index is 199. The minimum atomic E-state index is -0.836. The molecule has 1 unspecified atom stereocenters. The van der Waals surface area contributed by atoms with Gasteiger partial charge < -0.3 is 15.7 Å². The summed E-state index contributed by atoms with van der Waals surface area (Å²) in [5, 5.41) is 9.64. The van der Waals surface area contributed by atoms with E-state index in [0.717, 1.165) is 0 Å². The first kappa shape index (κ1) is 14.4. The minimum Gasteiger partial charge on any atom is -0.389 e. The Hall–Kier alpha value is -0.610. The highest BCUT2D eigenvalue weighted by Crippen LogP contribution is 2.09. The van der Waals surface area contributed by atoms with E-state index in [2.05, 4.69) is 0 Å². The number of hydrogen-bond acceptors (Lipinski definition) is 3. The first-order valence-corrected chi connectivity index (χ1v) is 5.50. The van der Waals surface area contributed by atoms with Gasteiger partial charge in [0.2, 0.25) is 5.91 Å². The molecule has 1 amide bonds. The predicted octanol–water partition coefficient (Wildman–Crippen LogP) is 0.591. The number of carbonyl (C=O) groups is 1. The lowest BCUT2D eigenvalue weighted by Gasteiger charge is -2.28. The van der Waals surface area contributed by atoms with Crippen molar-refractivity contribution < 1.29 is 9.90 Å². The number of amides is 1. The number of aliphatic hydroxyl groups is 1. The molecule has 3 N–H and O–H groups in total. The zero-order valence-corrected chi connectivity index (χ0v) is 10.3. The molecule has 0 aliphatic heterocycles. The highest BCUT2D eigenvalue weighted by atomic mass is 16.3. The summed E-state index contributed by atoms with van der Waals surface area (Å²) < 4.78 is 0. The van der Waals surface area contributed by atoms with Gasteiger partial charge in [-0.3, -0.25) is 4.79 Å². The third-order valence-corrected chi connectivity index (χ3v) is 2.24. The number of likely N-dealkylation sites (N-methyl/N-ethyl adjacent to an activating group) is 1. The van der Waals surface area contributed by atoms with Crippen LogP contribution < -0.4 is 5.73 Å². The Morgan fingerprint density at radius 2 is 2.07 bits per heavy atom. The highest BCUT2D eigenvalue weighted by molar-refractivity contribution is 5.76. The van der Waals surface area contributed by atoms with Crippen LogP contribution in [0.5, 0.6) is 0 Å². The topological polar surface area (TPSA) is 66.6 Å². The summed E-state index contributed by atoms with van der Waals surface area (Å²) in [5.74, 6) is 0.269. The van der Waals surface area contributed by atoms with Crippen LogP contribution in [0.3, 0.4) is 0 Å². The zero-order valence-electron chi connectivity index (χ0n) is 10.3. The van der Waals surface area contributed by atoms with Crippen LogP contribution in [0.2, 0.25) is 0 Å². The highest BCUT2D eigenvalue weighted by Gasteiger charge is 2.21. The minimum absolute atomic E-state index is 0.0672. The van der Waals surface area contributed by atoms with Crippen LogP contribution in [0.25, 0.3) is 0 Å². The van der Waals surface area contributed by atoms with Crippen LogP contribution in [-0.2, 0) is 4.79 Å². The van der Waals surface area contributed by atoms with Crippen molar-refractivity contribution in [3.63, 3.8) is 0 Å². The Morgan fingerprint density at radius 1 is 1.53 bits per heavy atom. The number of nitrogens with two attached hydrogens (primary N) is 1. The Balaban J connectivity index is 4.23. The summed E-state index contributed by atoms with van der Waals surface area (Å²) in [6.07, 6.45) is 0.459. The third-order valence-electron chi connectivity index (χ3n) is 2.24. The fraction of sp³-hybridized carbons (Fsp3) is 0.909. The summed E-state index contributed by atoms with van der Waals surface area (Å²) >= 11 is 0. The smallest absolute Gasteiger partial charge is 0.222 e. The fourth-order valence-electron chi connectivity index (χ4n) is 1.35. The average Bonchev–Trinajstić information content (AvgIpc) is 2.12. The number of rotatable bonds is 6. The molecule has 0 saturated heterocycles. The van der Waals surface area contributed by atoms with E-state index in [1.807, 2.05) is 13.8 Å². The molecule has 0 radical (unpaired) electrons. The molecule has 0 rings (SSSR count). The van der Waals surface area contributed by atoms with Gasteiger partial charge in [0.05, 0.1) is 5.60 Å². The van der Waals surface area contributed by atoms with Crippen molar-refractivity contribution in [2.75, 3.05) is 19.6 Å². The second kappa shape index (κ2) is 6.08. The van der Waals surface area contributed by atoms with Crippen molar-refractivity contribution in [1.82, 2.24) is 4.90 Å². The molecule has 0 aromatic carbocycles. The van der Waals surface area contributed by atoms with Crippen LogP contribution >= 0.6 is 0 Å². The molecule has 0 fully saturated rings. The lowest BCUT2D eigenvalue weighted by atomic mass is 10.1. The Labute approximate surface area is 92.4 Å². The van der Waals surface area contributed by atoms with Crippen LogP contribution in [0.15, 0.2) is 0 Å². The van der Waals surface area contributed by atoms with Gasteiger partial charge in [-0.1, -0.05) is 6.92 Å². The summed E-state index contributed by atoms with van der Waals surface area (Å²) in [5.41, 5.74) is 4.63. The first-order valence-electron chi connectivity index (χ1n) is 5.50. The maximum Gasteiger partial charge on any atom is 0.222 e. The van der Waals surface area contributed by atoms with E-state index in [9.17, 15) is 9.90 Å². The van der Waals surface area contributed by atoms with Gasteiger partial charge in [-0.25, -0.2) is 0 Å². The summed E-state index contributed by atoms with van der Waals surface area (Å²) in [7, 11) is 0. The second-order valence-corrected chi connectivity index (χ2v) is 4.77. The van der Waals surface area contributed by atoms with Gasteiger partial charge in [0.1, 0.15) is 0 Å². The van der Waals surface area contributed by atoms with Gasteiger partial charge in [0.15, 0.2) is 0 Å². The van der Waals surface area contributed by atoms with Crippen molar-refractivity contribution in [2.24, 2.45) is 11.7 Å². The van der Waals surface area contributed by atoms with E-state index < -0.39 is 5.60 Å². The molecule has 90 valence electrons. The molecular weight excluding hydrogens is 192 g/mol. The van der Waals surface area contributed by atoms with E-state index in [0.29, 0.717) is 26.1 Å². The van der Waals surface area contributed by atoms with E-state index in [1.54, 1.807) is 18.7 Å². The lowest BCUT2D eigenvalue weighted by molar-refractivity contribution is -0.134. The molecule has 0 aromatic heterocycles. The molecule has 0 heterocycles. The average molecular weight is 216 g/mol. The van der Waals surface area contributed by atoms with E-state index in [1.165, 1.54) is 0 Å². The van der Waals surface area contributed by atoms with Gasteiger partial charge in [-0.2, -0.15) is 0 Å². The molecule has 0 bridgehead atoms. The van der Waals surface area contributed by atoms with Gasteiger partial charge in [-0.05, 0) is 33.2 Å². The van der Waals surface area contributed by atoms with Crippen LogP contribution in [0.4, 0.5) is 0 Å². The van der Waals surface area contributed by atoms with Crippen LogP contribution in [0, 0.1) is 5.92 Å². The second-order valence-electron chi connectivity index (χ2n) is 4.77. The van der Waals surface area contributed by atoms with Gasteiger partial charge in [0.25, 0.3) is 0 Å². The van der Waals surface area contributed by atoms with Crippen molar-refractivity contribution in [1.29, 1.82) is 0 Å². The lowest BCUT2D eigenvalue weighted by Crippen LogP contribution is -2.42. The number of hydrogen-bond donors (Lipinski definition) is 2. The Morgan fingerprint density at radius 3 is 2.40 bits per heavy atom. The van der Waals surface area contributed by atoms with Gasteiger partial charge in [-0.15, -0.1) is 0 Å². The zero-order chi connectivity index (χ0) is 12.1. The quantitative estimate of drug-likeness (QED) is 0.683. The molecular formula is C11H24N2O2. The normalized spacial score (nSPS) is 13.7. The van der Waals surface area contributed by atoms with Crippen molar-refractivity contribution in [3.05, 3.63) is 0 Å². The first-order chi connectivity index (χ1) is 6.80. The summed E-state index contributed by atoms with van der Waals surface area (Å²) in [4.78, 5) is 13.5. The maximum atomic E-state index is 11.8. The summed E-state index contributed by atoms with van der Waals surface area (Å²) in [6, 6.07) is 0. The van der Waals surface area contributed by atoms with E-state index >= 15 is 0 Å². The standard InChI is InChI=1S/C11H24N2O2/c1-5-13(8-11(3,4)15)10(14)6-9(2)7-12/h9,15H,5-8,12H2,1-4H3. The maximum absolute atomic E-state index is 11.8. The molecule has 0 aliphatic rings. The molecule has 0 aliphatic carbocycles. The monoisotopic (exact) mass is 216 g/mol. The van der Waals surface area contributed by atoms with Crippen LogP contribution in [0.1, 0.15) is 34.1 Å². The summed E-state index contributed by atoms with van der Waals surface area (Å²) in [6.45, 7) is 8.79.